The van der Waals surface area contributed by atoms with Crippen LogP contribution in [0.5, 0.6) is 0 Å². The summed E-state index contributed by atoms with van der Waals surface area (Å²) < 4.78 is 0. The molecule has 0 unspecified atom stereocenters. The minimum atomic E-state index is -0.829. The fourth-order valence-electron chi connectivity index (χ4n) is 2.59. The number of carbonyl (C=O) groups is 2. The number of rotatable bonds is 5. The molecule has 0 bridgehead atoms. The number of hydrogen-bond acceptors (Lipinski definition) is 2. The van der Waals surface area contributed by atoms with Crippen LogP contribution in [0.15, 0.2) is 0 Å². The molecule has 1 N–H and O–H groups in total. The van der Waals surface area contributed by atoms with Crippen LogP contribution in [0.1, 0.15) is 58.8 Å². The van der Waals surface area contributed by atoms with Gasteiger partial charge in [0, 0.05) is 18.5 Å². The molecule has 1 rings (SSSR count). The van der Waals surface area contributed by atoms with E-state index >= 15 is 0 Å². The number of aliphatic carboxylic acids is 1. The van der Waals surface area contributed by atoms with E-state index in [9.17, 15) is 9.59 Å². The topological polar surface area (TPSA) is 57.6 Å². The zero-order valence-corrected chi connectivity index (χ0v) is 11.5. The van der Waals surface area contributed by atoms with Crippen LogP contribution in [0.2, 0.25) is 0 Å². The van der Waals surface area contributed by atoms with Gasteiger partial charge in [0.05, 0.1) is 6.42 Å². The number of nitrogens with zero attached hydrogens (tertiary/aromatic N) is 1. The normalized spacial score (nSPS) is 17.5. The van der Waals surface area contributed by atoms with Crippen LogP contribution in [0.3, 0.4) is 0 Å². The Kier molecular flexibility index (Phi) is 6.16. The van der Waals surface area contributed by atoms with Gasteiger partial charge in [-0.25, -0.2) is 0 Å². The molecule has 0 aromatic heterocycles. The Morgan fingerprint density at radius 2 is 1.72 bits per heavy atom. The molecule has 0 spiro atoms. The van der Waals surface area contributed by atoms with Gasteiger partial charge < -0.3 is 10.0 Å². The summed E-state index contributed by atoms with van der Waals surface area (Å²) in [4.78, 5) is 24.7. The number of amides is 1. The summed E-state index contributed by atoms with van der Waals surface area (Å²) in [6.45, 7) is 4.12. The highest BCUT2D eigenvalue weighted by molar-refractivity contribution is 5.79. The van der Waals surface area contributed by atoms with Gasteiger partial charge in [0.2, 0.25) is 5.91 Å². The maximum Gasteiger partial charge on any atom is 0.305 e. The van der Waals surface area contributed by atoms with Crippen molar-refractivity contribution >= 4 is 11.9 Å². The quantitative estimate of drug-likeness (QED) is 0.768. The average molecular weight is 255 g/mol. The van der Waals surface area contributed by atoms with Crippen molar-refractivity contribution < 1.29 is 14.7 Å². The first-order chi connectivity index (χ1) is 8.52. The van der Waals surface area contributed by atoms with E-state index in [0.29, 0.717) is 6.54 Å². The maximum atomic E-state index is 12.2. The summed E-state index contributed by atoms with van der Waals surface area (Å²) in [6.07, 6.45) is 6.88. The van der Waals surface area contributed by atoms with Gasteiger partial charge in [-0.2, -0.15) is 0 Å². The lowest BCUT2D eigenvalue weighted by Crippen LogP contribution is -2.43. The molecule has 0 saturated heterocycles. The number of carboxylic acid groups (broad SMARTS) is 1. The van der Waals surface area contributed by atoms with E-state index in [0.717, 1.165) is 25.7 Å². The lowest BCUT2D eigenvalue weighted by molar-refractivity contribution is -0.141. The summed E-state index contributed by atoms with van der Waals surface area (Å²) >= 11 is 0. The van der Waals surface area contributed by atoms with Crippen molar-refractivity contribution in [3.05, 3.63) is 0 Å². The summed E-state index contributed by atoms with van der Waals surface area (Å²) in [6, 6.07) is 0.252. The standard InChI is InChI=1S/C14H25NO3/c1-11(2)14(18)15(10-9-13(16)17)12-7-5-3-4-6-8-12/h11-12H,3-10H2,1-2H3,(H,16,17). The molecule has 0 atom stereocenters. The molecule has 0 aliphatic heterocycles. The third-order valence-electron chi connectivity index (χ3n) is 3.61. The predicted octanol–water partition coefficient (Wildman–Crippen LogP) is 2.67. The molecule has 1 aliphatic rings. The van der Waals surface area contributed by atoms with Gasteiger partial charge in [-0.3, -0.25) is 9.59 Å². The molecule has 0 heterocycles. The Bertz CT molecular complexity index is 281. The Hall–Kier alpha value is -1.06. The van der Waals surface area contributed by atoms with Crippen molar-refractivity contribution in [2.75, 3.05) is 6.54 Å². The summed E-state index contributed by atoms with van der Waals surface area (Å²) in [5.74, 6) is -0.782. The average Bonchev–Trinajstić information content (AvgIpc) is 2.57. The molecule has 104 valence electrons. The zero-order chi connectivity index (χ0) is 13.5. The first kappa shape index (κ1) is 15.0. The number of hydrogen-bond donors (Lipinski definition) is 1. The number of carbonyl (C=O) groups excluding carboxylic acids is 1. The highest BCUT2D eigenvalue weighted by Gasteiger charge is 2.26. The molecular formula is C14H25NO3. The van der Waals surface area contributed by atoms with Crippen LogP contribution in [-0.2, 0) is 9.59 Å². The second kappa shape index (κ2) is 7.39. The van der Waals surface area contributed by atoms with Gasteiger partial charge in [0.15, 0.2) is 0 Å². The highest BCUT2D eigenvalue weighted by atomic mass is 16.4. The Labute approximate surface area is 109 Å². The van der Waals surface area contributed by atoms with E-state index in [-0.39, 0.29) is 24.3 Å². The second-order valence-corrected chi connectivity index (χ2v) is 5.48. The highest BCUT2D eigenvalue weighted by Crippen LogP contribution is 2.23. The van der Waals surface area contributed by atoms with Crippen molar-refractivity contribution in [1.29, 1.82) is 0 Å². The van der Waals surface area contributed by atoms with Crippen LogP contribution in [-0.4, -0.2) is 34.5 Å². The molecular weight excluding hydrogens is 230 g/mol. The lowest BCUT2D eigenvalue weighted by Gasteiger charge is -2.32. The molecule has 0 aromatic rings. The summed E-state index contributed by atoms with van der Waals surface area (Å²) in [7, 11) is 0. The van der Waals surface area contributed by atoms with E-state index in [1.165, 1.54) is 12.8 Å². The minimum absolute atomic E-state index is 0.0506. The van der Waals surface area contributed by atoms with E-state index in [4.69, 9.17) is 5.11 Å². The monoisotopic (exact) mass is 255 g/mol. The fourth-order valence-corrected chi connectivity index (χ4v) is 2.59. The van der Waals surface area contributed by atoms with Crippen molar-refractivity contribution in [3.8, 4) is 0 Å². The largest absolute Gasteiger partial charge is 0.481 e. The molecule has 0 aromatic carbocycles. The molecule has 1 saturated carbocycles. The fraction of sp³-hybridized carbons (Fsp3) is 0.857. The molecule has 4 heteroatoms. The predicted molar refractivity (Wildman–Crippen MR) is 70.3 cm³/mol. The van der Waals surface area contributed by atoms with Gasteiger partial charge in [-0.1, -0.05) is 39.5 Å². The Morgan fingerprint density at radius 1 is 1.17 bits per heavy atom. The Balaban J connectivity index is 2.67. The van der Waals surface area contributed by atoms with Gasteiger partial charge in [-0.15, -0.1) is 0 Å². The third-order valence-corrected chi connectivity index (χ3v) is 3.61. The second-order valence-electron chi connectivity index (χ2n) is 5.48. The molecule has 1 aliphatic carbocycles. The minimum Gasteiger partial charge on any atom is -0.481 e. The first-order valence-electron chi connectivity index (χ1n) is 7.04. The number of carboxylic acids is 1. The van der Waals surface area contributed by atoms with Crippen molar-refractivity contribution in [2.24, 2.45) is 5.92 Å². The van der Waals surface area contributed by atoms with Crippen LogP contribution in [0.4, 0.5) is 0 Å². The lowest BCUT2D eigenvalue weighted by atomic mass is 10.0. The molecule has 4 nitrogen and oxygen atoms in total. The van der Waals surface area contributed by atoms with Crippen molar-refractivity contribution in [2.45, 2.75) is 64.8 Å². The Morgan fingerprint density at radius 3 is 2.17 bits per heavy atom. The molecule has 1 fully saturated rings. The third kappa shape index (κ3) is 4.67. The first-order valence-corrected chi connectivity index (χ1v) is 7.04. The van der Waals surface area contributed by atoms with Gasteiger partial charge in [0.1, 0.15) is 0 Å². The van der Waals surface area contributed by atoms with Crippen molar-refractivity contribution in [3.63, 3.8) is 0 Å². The zero-order valence-electron chi connectivity index (χ0n) is 11.5. The van der Waals surface area contributed by atoms with Gasteiger partial charge >= 0.3 is 5.97 Å². The van der Waals surface area contributed by atoms with Crippen LogP contribution in [0, 0.1) is 5.92 Å². The van der Waals surface area contributed by atoms with E-state index in [2.05, 4.69) is 0 Å². The van der Waals surface area contributed by atoms with Gasteiger partial charge in [-0.05, 0) is 12.8 Å². The van der Waals surface area contributed by atoms with E-state index in [1.807, 2.05) is 18.7 Å². The van der Waals surface area contributed by atoms with E-state index in [1.54, 1.807) is 0 Å². The molecule has 1 amide bonds. The van der Waals surface area contributed by atoms with Crippen molar-refractivity contribution in [1.82, 2.24) is 4.90 Å². The molecule has 0 radical (unpaired) electrons. The summed E-state index contributed by atoms with van der Waals surface area (Å²) in [5, 5.41) is 8.80. The SMILES string of the molecule is CC(C)C(=O)N(CCC(=O)O)C1CCCCCC1. The van der Waals surface area contributed by atoms with Crippen LogP contribution >= 0.6 is 0 Å². The maximum absolute atomic E-state index is 12.2. The molecule has 18 heavy (non-hydrogen) atoms. The summed E-state index contributed by atoms with van der Waals surface area (Å²) in [5.41, 5.74) is 0. The van der Waals surface area contributed by atoms with Crippen LogP contribution in [0.25, 0.3) is 0 Å². The van der Waals surface area contributed by atoms with E-state index < -0.39 is 5.97 Å². The van der Waals surface area contributed by atoms with Crippen LogP contribution < -0.4 is 0 Å². The van der Waals surface area contributed by atoms with Gasteiger partial charge in [0.25, 0.3) is 0 Å². The smallest absolute Gasteiger partial charge is 0.305 e.